The van der Waals surface area contributed by atoms with E-state index in [9.17, 15) is 14.3 Å². The highest BCUT2D eigenvalue weighted by Gasteiger charge is 2.15. The molecule has 2 N–H and O–H groups in total. The molecule has 180 valence electrons. The average Bonchev–Trinajstić information content (AvgIpc) is 3.30. The summed E-state index contributed by atoms with van der Waals surface area (Å²) < 4.78 is 15.4. The van der Waals surface area contributed by atoms with E-state index in [0.29, 0.717) is 19.4 Å². The van der Waals surface area contributed by atoms with Crippen LogP contribution in [0.15, 0.2) is 73.1 Å². The number of carbonyl (C=O) groups is 1. The molecular weight excluding hydrogens is 463 g/mol. The first kappa shape index (κ1) is 24.5. The summed E-state index contributed by atoms with van der Waals surface area (Å²) in [7, 11) is 0. The summed E-state index contributed by atoms with van der Waals surface area (Å²) in [5.41, 5.74) is 4.78. The Hall–Kier alpha value is -3.65. The molecule has 0 atom stereocenters. The minimum Gasteiger partial charge on any atom is -0.507 e. The Kier molecular flexibility index (Phi) is 8.15. The van der Waals surface area contributed by atoms with Crippen LogP contribution in [0.4, 0.5) is 4.39 Å². The molecule has 2 aromatic heterocycles. The van der Waals surface area contributed by atoms with E-state index in [4.69, 9.17) is 5.10 Å². The van der Waals surface area contributed by atoms with Crippen molar-refractivity contribution in [2.75, 3.05) is 18.6 Å². The van der Waals surface area contributed by atoms with Crippen molar-refractivity contribution < 1.29 is 14.3 Å². The summed E-state index contributed by atoms with van der Waals surface area (Å²) in [6.45, 7) is 1.25. The quantitative estimate of drug-likeness (QED) is 0.299. The molecule has 4 rings (SSSR count). The van der Waals surface area contributed by atoms with E-state index in [0.717, 1.165) is 40.4 Å². The van der Waals surface area contributed by atoms with Gasteiger partial charge < -0.3 is 10.4 Å². The van der Waals surface area contributed by atoms with Gasteiger partial charge in [0.15, 0.2) is 0 Å². The SMILES string of the molecule is CSCCn1cc(-c2ccnc(CCCNC(=O)c3ccccc3O)c2)c(-c2ccc(F)cc2)n1. The van der Waals surface area contributed by atoms with E-state index >= 15 is 0 Å². The van der Waals surface area contributed by atoms with Crippen molar-refractivity contribution >= 4 is 17.7 Å². The molecule has 0 unspecified atom stereocenters. The first-order valence-electron chi connectivity index (χ1n) is 11.4. The number of hydrogen-bond donors (Lipinski definition) is 2. The molecule has 35 heavy (non-hydrogen) atoms. The number of aromatic nitrogens is 3. The Morgan fingerprint density at radius 3 is 2.69 bits per heavy atom. The fourth-order valence-electron chi connectivity index (χ4n) is 3.77. The third-order valence-electron chi connectivity index (χ3n) is 5.58. The number of amides is 1. The first-order valence-corrected chi connectivity index (χ1v) is 12.8. The Morgan fingerprint density at radius 1 is 1.11 bits per heavy atom. The van der Waals surface area contributed by atoms with Gasteiger partial charge in [0.25, 0.3) is 5.91 Å². The van der Waals surface area contributed by atoms with Gasteiger partial charge in [-0.25, -0.2) is 4.39 Å². The summed E-state index contributed by atoms with van der Waals surface area (Å²) in [4.78, 5) is 16.8. The normalized spacial score (nSPS) is 10.9. The molecule has 8 heteroatoms. The van der Waals surface area contributed by atoms with Gasteiger partial charge in [0.1, 0.15) is 17.3 Å². The molecule has 0 saturated heterocycles. The van der Waals surface area contributed by atoms with Crippen LogP contribution in [0.5, 0.6) is 5.75 Å². The molecule has 4 aromatic rings. The predicted octanol–water partition coefficient (Wildman–Crippen LogP) is 5.18. The molecular formula is C27H27FN4O2S. The number of aryl methyl sites for hydroxylation is 2. The van der Waals surface area contributed by atoms with Crippen molar-refractivity contribution in [3.05, 3.63) is 90.1 Å². The summed E-state index contributed by atoms with van der Waals surface area (Å²) in [5, 5.41) is 17.4. The number of phenolic OH excluding ortho intramolecular Hbond substituents is 1. The second-order valence-corrected chi connectivity index (χ2v) is 9.05. The number of benzene rings is 2. The second kappa shape index (κ2) is 11.7. The monoisotopic (exact) mass is 490 g/mol. The Labute approximate surface area is 208 Å². The van der Waals surface area contributed by atoms with Crippen LogP contribution in [0.1, 0.15) is 22.5 Å². The summed E-state index contributed by atoms with van der Waals surface area (Å²) >= 11 is 1.76. The predicted molar refractivity (Wildman–Crippen MR) is 138 cm³/mol. The zero-order chi connectivity index (χ0) is 24.6. The van der Waals surface area contributed by atoms with Crippen molar-refractivity contribution in [2.45, 2.75) is 19.4 Å². The maximum Gasteiger partial charge on any atom is 0.255 e. The second-order valence-electron chi connectivity index (χ2n) is 8.07. The van der Waals surface area contributed by atoms with Gasteiger partial charge in [-0.3, -0.25) is 14.5 Å². The van der Waals surface area contributed by atoms with Gasteiger partial charge in [0.05, 0.1) is 5.56 Å². The summed E-state index contributed by atoms with van der Waals surface area (Å²) in [6, 6.07) is 16.8. The van der Waals surface area contributed by atoms with E-state index in [1.54, 1.807) is 48.3 Å². The van der Waals surface area contributed by atoms with E-state index in [1.807, 2.05) is 23.0 Å². The van der Waals surface area contributed by atoms with Crippen molar-refractivity contribution in [2.24, 2.45) is 0 Å². The molecule has 0 aliphatic heterocycles. The molecule has 2 aromatic carbocycles. The van der Waals surface area contributed by atoms with Crippen molar-refractivity contribution in [3.63, 3.8) is 0 Å². The minimum absolute atomic E-state index is 0.0330. The number of aromatic hydroxyl groups is 1. The van der Waals surface area contributed by atoms with E-state index in [1.165, 1.54) is 18.2 Å². The number of pyridine rings is 1. The average molecular weight is 491 g/mol. The number of halogens is 1. The Morgan fingerprint density at radius 2 is 1.91 bits per heavy atom. The van der Waals surface area contributed by atoms with Crippen LogP contribution in [-0.2, 0) is 13.0 Å². The van der Waals surface area contributed by atoms with Crippen LogP contribution in [0.2, 0.25) is 0 Å². The van der Waals surface area contributed by atoms with Crippen LogP contribution < -0.4 is 5.32 Å². The molecule has 0 saturated carbocycles. The molecule has 2 heterocycles. The highest BCUT2D eigenvalue weighted by atomic mass is 32.2. The molecule has 0 radical (unpaired) electrons. The van der Waals surface area contributed by atoms with Gasteiger partial charge in [0.2, 0.25) is 0 Å². The molecule has 1 amide bonds. The molecule has 6 nitrogen and oxygen atoms in total. The zero-order valence-electron chi connectivity index (χ0n) is 19.4. The van der Waals surface area contributed by atoms with Crippen LogP contribution in [-0.4, -0.2) is 44.3 Å². The fraction of sp³-hybridized carbons (Fsp3) is 0.222. The van der Waals surface area contributed by atoms with Gasteiger partial charge in [-0.05, 0) is 73.2 Å². The molecule has 0 aliphatic carbocycles. The molecule has 0 spiro atoms. The number of hydrogen-bond acceptors (Lipinski definition) is 5. The minimum atomic E-state index is -0.300. The maximum atomic E-state index is 13.5. The first-order chi connectivity index (χ1) is 17.0. The molecule has 0 fully saturated rings. The van der Waals surface area contributed by atoms with Gasteiger partial charge in [-0.2, -0.15) is 16.9 Å². The van der Waals surface area contributed by atoms with Gasteiger partial charge in [0, 0.05) is 48.1 Å². The van der Waals surface area contributed by atoms with E-state index in [2.05, 4.69) is 16.6 Å². The van der Waals surface area contributed by atoms with Gasteiger partial charge >= 0.3 is 0 Å². The number of rotatable bonds is 10. The smallest absolute Gasteiger partial charge is 0.255 e. The molecule has 0 aliphatic rings. The van der Waals surface area contributed by atoms with Crippen LogP contribution in [0, 0.1) is 5.82 Å². The number of para-hydroxylation sites is 1. The lowest BCUT2D eigenvalue weighted by molar-refractivity contribution is 0.0950. The number of thioether (sulfide) groups is 1. The topological polar surface area (TPSA) is 80.0 Å². The van der Waals surface area contributed by atoms with Crippen molar-refractivity contribution in [1.82, 2.24) is 20.1 Å². The van der Waals surface area contributed by atoms with Crippen LogP contribution in [0.3, 0.4) is 0 Å². The van der Waals surface area contributed by atoms with Crippen LogP contribution in [0.25, 0.3) is 22.4 Å². The van der Waals surface area contributed by atoms with Crippen LogP contribution >= 0.6 is 11.8 Å². The van der Waals surface area contributed by atoms with E-state index < -0.39 is 0 Å². The van der Waals surface area contributed by atoms with Crippen molar-refractivity contribution in [3.8, 4) is 28.1 Å². The summed E-state index contributed by atoms with van der Waals surface area (Å²) in [5.74, 6) is 0.330. The number of nitrogens with zero attached hydrogens (tertiary/aromatic N) is 3. The molecule has 0 bridgehead atoms. The standard InChI is InChI=1S/C27H27FN4O2S/c1-35-16-15-32-18-24(26(31-32)19-8-10-21(28)11-9-19)20-12-14-29-22(17-20)5-4-13-30-27(34)23-6-2-3-7-25(23)33/h2-3,6-12,14,17-18,33H,4-5,13,15-16H2,1H3,(H,30,34). The lowest BCUT2D eigenvalue weighted by Crippen LogP contribution is -2.24. The highest BCUT2D eigenvalue weighted by molar-refractivity contribution is 7.98. The van der Waals surface area contributed by atoms with E-state index in [-0.39, 0.29) is 23.0 Å². The number of carbonyl (C=O) groups excluding carboxylic acids is 1. The number of nitrogens with one attached hydrogen (secondary N) is 1. The highest BCUT2D eigenvalue weighted by Crippen LogP contribution is 2.31. The maximum absolute atomic E-state index is 13.5. The lowest BCUT2D eigenvalue weighted by atomic mass is 10.0. The number of phenols is 1. The zero-order valence-corrected chi connectivity index (χ0v) is 20.3. The summed E-state index contributed by atoms with van der Waals surface area (Å²) in [6.07, 6.45) is 7.25. The van der Waals surface area contributed by atoms with Crippen molar-refractivity contribution in [1.29, 1.82) is 0 Å². The Bertz CT molecular complexity index is 1290. The lowest BCUT2D eigenvalue weighted by Gasteiger charge is -2.08. The van der Waals surface area contributed by atoms with Gasteiger partial charge in [-0.1, -0.05) is 12.1 Å². The largest absolute Gasteiger partial charge is 0.507 e. The van der Waals surface area contributed by atoms with Gasteiger partial charge in [-0.15, -0.1) is 0 Å². The fourth-order valence-corrected chi connectivity index (χ4v) is 4.14. The third kappa shape index (κ3) is 6.27. The third-order valence-corrected chi connectivity index (χ3v) is 6.17. The Balaban J connectivity index is 1.47.